The van der Waals surface area contributed by atoms with Crippen molar-refractivity contribution in [2.75, 3.05) is 0 Å². The van der Waals surface area contributed by atoms with Gasteiger partial charge in [-0.2, -0.15) is 5.10 Å². The predicted molar refractivity (Wildman–Crippen MR) is 95.0 cm³/mol. The number of fused-ring (bicyclic) bond motifs is 2. The lowest BCUT2D eigenvalue weighted by molar-refractivity contribution is 0.639. The maximum atomic E-state index is 4.52. The standard InChI is InChI=1S/C18H15N7/c1-11-5-12-7-19-13(6-17(12)21-11)9-25-10-18(23-24-25)14-3-2-4-16-15(14)8-20-22-16/h2-8,10,21H,9H2,1H3,(H,20,22). The fourth-order valence-electron chi connectivity index (χ4n) is 3.16. The Balaban J connectivity index is 1.48. The summed E-state index contributed by atoms with van der Waals surface area (Å²) in [4.78, 5) is 7.85. The summed E-state index contributed by atoms with van der Waals surface area (Å²) in [5, 5.41) is 17.8. The Morgan fingerprint density at radius 2 is 2.08 bits per heavy atom. The molecule has 0 fully saturated rings. The van der Waals surface area contributed by atoms with Crippen LogP contribution in [0.1, 0.15) is 11.4 Å². The normalized spacial score (nSPS) is 11.6. The number of nitrogens with zero attached hydrogens (tertiary/aromatic N) is 5. The molecule has 4 heterocycles. The van der Waals surface area contributed by atoms with E-state index in [2.05, 4.69) is 42.6 Å². The van der Waals surface area contributed by atoms with Gasteiger partial charge in [0.2, 0.25) is 0 Å². The lowest BCUT2D eigenvalue weighted by Gasteiger charge is -2.00. The first-order valence-corrected chi connectivity index (χ1v) is 8.03. The van der Waals surface area contributed by atoms with E-state index in [9.17, 15) is 0 Å². The molecule has 0 saturated heterocycles. The maximum Gasteiger partial charge on any atom is 0.113 e. The molecule has 7 heteroatoms. The lowest BCUT2D eigenvalue weighted by atomic mass is 10.1. The van der Waals surface area contributed by atoms with E-state index in [4.69, 9.17) is 0 Å². The summed E-state index contributed by atoms with van der Waals surface area (Å²) < 4.78 is 1.80. The number of benzene rings is 1. The quantitative estimate of drug-likeness (QED) is 0.532. The van der Waals surface area contributed by atoms with E-state index in [0.29, 0.717) is 6.54 Å². The molecule has 0 aliphatic heterocycles. The van der Waals surface area contributed by atoms with Gasteiger partial charge in [0.05, 0.1) is 30.1 Å². The van der Waals surface area contributed by atoms with Crippen molar-refractivity contribution in [3.63, 3.8) is 0 Å². The number of rotatable bonds is 3. The summed E-state index contributed by atoms with van der Waals surface area (Å²) in [5.74, 6) is 0. The molecule has 0 aliphatic rings. The van der Waals surface area contributed by atoms with Crippen LogP contribution in [0.15, 0.2) is 48.9 Å². The average molecular weight is 329 g/mol. The van der Waals surface area contributed by atoms with Gasteiger partial charge in [-0.15, -0.1) is 5.10 Å². The first-order valence-electron chi connectivity index (χ1n) is 8.03. The topological polar surface area (TPSA) is 88.1 Å². The molecule has 25 heavy (non-hydrogen) atoms. The minimum absolute atomic E-state index is 0.572. The van der Waals surface area contributed by atoms with Gasteiger partial charge in [-0.3, -0.25) is 10.1 Å². The third-order valence-corrected chi connectivity index (χ3v) is 4.32. The first kappa shape index (κ1) is 13.9. The molecule has 122 valence electrons. The molecule has 5 rings (SSSR count). The van der Waals surface area contributed by atoms with Gasteiger partial charge in [0.15, 0.2) is 0 Å². The molecular formula is C18H15N7. The van der Waals surface area contributed by atoms with Crippen LogP contribution >= 0.6 is 0 Å². The number of pyridine rings is 1. The van der Waals surface area contributed by atoms with Crippen LogP contribution in [0.2, 0.25) is 0 Å². The molecule has 0 amide bonds. The Kier molecular flexibility index (Phi) is 2.93. The molecule has 1 aromatic carbocycles. The number of hydrogen-bond acceptors (Lipinski definition) is 4. The van der Waals surface area contributed by atoms with Crippen molar-refractivity contribution in [1.82, 2.24) is 35.2 Å². The first-order chi connectivity index (χ1) is 12.3. The van der Waals surface area contributed by atoms with E-state index in [1.807, 2.05) is 43.7 Å². The Bertz CT molecular complexity index is 1190. The summed E-state index contributed by atoms with van der Waals surface area (Å²) in [5.41, 5.74) is 5.98. The summed E-state index contributed by atoms with van der Waals surface area (Å²) in [7, 11) is 0. The number of aryl methyl sites for hydroxylation is 1. The summed E-state index contributed by atoms with van der Waals surface area (Å²) in [6, 6.07) is 10.1. The summed E-state index contributed by atoms with van der Waals surface area (Å²) in [6.45, 7) is 2.61. The van der Waals surface area contributed by atoms with Gasteiger partial charge in [-0.1, -0.05) is 17.3 Å². The molecule has 7 nitrogen and oxygen atoms in total. The molecule has 0 aliphatic carbocycles. The average Bonchev–Trinajstić information content (AvgIpc) is 3.32. The van der Waals surface area contributed by atoms with E-state index in [0.717, 1.165) is 44.5 Å². The number of H-pyrrole nitrogens is 2. The third kappa shape index (κ3) is 2.37. The van der Waals surface area contributed by atoms with E-state index in [-0.39, 0.29) is 0 Å². The van der Waals surface area contributed by atoms with Gasteiger partial charge in [0, 0.05) is 33.7 Å². The fourth-order valence-corrected chi connectivity index (χ4v) is 3.16. The molecule has 0 radical (unpaired) electrons. The molecule has 5 aromatic rings. The number of hydrogen-bond donors (Lipinski definition) is 2. The van der Waals surface area contributed by atoms with Crippen LogP contribution < -0.4 is 0 Å². The van der Waals surface area contributed by atoms with Gasteiger partial charge >= 0.3 is 0 Å². The molecule has 2 N–H and O–H groups in total. The van der Waals surface area contributed by atoms with Crippen molar-refractivity contribution in [2.45, 2.75) is 13.5 Å². The predicted octanol–water partition coefficient (Wildman–Crippen LogP) is 3.05. The third-order valence-electron chi connectivity index (χ3n) is 4.32. The monoisotopic (exact) mass is 329 g/mol. The zero-order valence-electron chi connectivity index (χ0n) is 13.6. The smallest absolute Gasteiger partial charge is 0.113 e. The van der Waals surface area contributed by atoms with Crippen LogP contribution in [0.5, 0.6) is 0 Å². The second-order valence-corrected chi connectivity index (χ2v) is 6.15. The molecule has 0 bridgehead atoms. The molecule has 0 unspecified atom stereocenters. The summed E-state index contributed by atoms with van der Waals surface area (Å²) >= 11 is 0. The van der Waals surface area contributed by atoms with E-state index in [1.54, 1.807) is 4.68 Å². The van der Waals surface area contributed by atoms with Crippen molar-refractivity contribution in [2.24, 2.45) is 0 Å². The maximum absolute atomic E-state index is 4.52. The highest BCUT2D eigenvalue weighted by Crippen LogP contribution is 2.25. The van der Waals surface area contributed by atoms with E-state index < -0.39 is 0 Å². The van der Waals surface area contributed by atoms with Crippen molar-refractivity contribution in [3.8, 4) is 11.3 Å². The number of aromatic nitrogens is 7. The van der Waals surface area contributed by atoms with Crippen LogP contribution in [0.3, 0.4) is 0 Å². The molecular weight excluding hydrogens is 314 g/mol. The van der Waals surface area contributed by atoms with Gasteiger partial charge in [-0.05, 0) is 25.1 Å². The molecule has 0 atom stereocenters. The van der Waals surface area contributed by atoms with Crippen LogP contribution in [0, 0.1) is 6.92 Å². The highest BCUT2D eigenvalue weighted by atomic mass is 15.4. The van der Waals surface area contributed by atoms with Crippen molar-refractivity contribution >= 4 is 21.8 Å². The van der Waals surface area contributed by atoms with Gasteiger partial charge in [0.25, 0.3) is 0 Å². The number of aromatic amines is 2. The second-order valence-electron chi connectivity index (χ2n) is 6.15. The fraction of sp³-hybridized carbons (Fsp3) is 0.111. The zero-order chi connectivity index (χ0) is 16.8. The van der Waals surface area contributed by atoms with Gasteiger partial charge in [0.1, 0.15) is 5.69 Å². The largest absolute Gasteiger partial charge is 0.359 e. The van der Waals surface area contributed by atoms with Crippen LogP contribution in [0.25, 0.3) is 33.1 Å². The Hall–Kier alpha value is -3.48. The molecule has 4 aromatic heterocycles. The number of nitrogens with one attached hydrogen (secondary N) is 2. The van der Waals surface area contributed by atoms with Crippen LogP contribution in [0.4, 0.5) is 0 Å². The Morgan fingerprint density at radius 3 is 3.04 bits per heavy atom. The lowest BCUT2D eigenvalue weighted by Crippen LogP contribution is -2.02. The van der Waals surface area contributed by atoms with Crippen LogP contribution in [-0.4, -0.2) is 35.2 Å². The minimum atomic E-state index is 0.572. The van der Waals surface area contributed by atoms with Crippen LogP contribution in [-0.2, 0) is 6.54 Å². The highest BCUT2D eigenvalue weighted by molar-refractivity contribution is 5.93. The van der Waals surface area contributed by atoms with E-state index in [1.165, 1.54) is 0 Å². The van der Waals surface area contributed by atoms with Crippen molar-refractivity contribution in [3.05, 3.63) is 60.3 Å². The Labute approximate surface area is 142 Å². The van der Waals surface area contributed by atoms with Crippen molar-refractivity contribution < 1.29 is 0 Å². The van der Waals surface area contributed by atoms with E-state index >= 15 is 0 Å². The zero-order valence-corrected chi connectivity index (χ0v) is 13.6. The van der Waals surface area contributed by atoms with Gasteiger partial charge < -0.3 is 4.98 Å². The van der Waals surface area contributed by atoms with Gasteiger partial charge in [-0.25, -0.2) is 4.68 Å². The molecule has 0 saturated carbocycles. The highest BCUT2D eigenvalue weighted by Gasteiger charge is 2.10. The minimum Gasteiger partial charge on any atom is -0.359 e. The summed E-state index contributed by atoms with van der Waals surface area (Å²) in [6.07, 6.45) is 5.64. The molecule has 0 spiro atoms. The van der Waals surface area contributed by atoms with Crippen molar-refractivity contribution in [1.29, 1.82) is 0 Å². The Morgan fingerprint density at radius 1 is 1.12 bits per heavy atom. The second kappa shape index (κ2) is 5.27. The SMILES string of the molecule is Cc1cc2cnc(Cn3cc(-c4cccc5[nH]ncc45)nn3)cc2[nH]1.